The second-order valence-electron chi connectivity index (χ2n) is 4.05. The normalized spacial score (nSPS) is 10.3. The molecule has 0 saturated carbocycles. The zero-order chi connectivity index (χ0) is 14.5. The Labute approximate surface area is 119 Å². The van der Waals surface area contributed by atoms with Crippen LogP contribution in [0.1, 0.15) is 16.2 Å². The van der Waals surface area contributed by atoms with Gasteiger partial charge in [0.25, 0.3) is 0 Å². The summed E-state index contributed by atoms with van der Waals surface area (Å²) < 4.78 is 4.92. The molecule has 3 heterocycles. The largest absolute Gasteiger partial charge is 0.344 e. The van der Waals surface area contributed by atoms with Crippen molar-refractivity contribution in [1.29, 1.82) is 0 Å². The fraction of sp³-hybridized carbons (Fsp3) is 0.0769. The molecule has 0 aliphatic carbocycles. The third-order valence-electron chi connectivity index (χ3n) is 2.61. The Hall–Kier alpha value is -3.16. The van der Waals surface area contributed by atoms with E-state index in [9.17, 15) is 4.79 Å². The summed E-state index contributed by atoms with van der Waals surface area (Å²) in [7, 11) is 0. The molecule has 0 aliphatic heterocycles. The highest BCUT2D eigenvalue weighted by Crippen LogP contribution is 2.10. The van der Waals surface area contributed by atoms with E-state index >= 15 is 0 Å². The van der Waals surface area contributed by atoms with Crippen molar-refractivity contribution in [2.75, 3.05) is 0 Å². The van der Waals surface area contributed by atoms with Crippen molar-refractivity contribution in [2.24, 2.45) is 0 Å². The summed E-state index contributed by atoms with van der Waals surface area (Å²) in [5.41, 5.74) is 1.36. The van der Waals surface area contributed by atoms with Crippen LogP contribution in [0.3, 0.4) is 0 Å². The summed E-state index contributed by atoms with van der Waals surface area (Å²) in [6.07, 6.45) is 7.84. The molecule has 3 rings (SSSR count). The van der Waals surface area contributed by atoms with Gasteiger partial charge < -0.3 is 9.84 Å². The van der Waals surface area contributed by atoms with Gasteiger partial charge in [-0.1, -0.05) is 5.16 Å². The van der Waals surface area contributed by atoms with Gasteiger partial charge in [-0.2, -0.15) is 4.98 Å². The third-order valence-corrected chi connectivity index (χ3v) is 2.61. The molecule has 0 unspecified atom stereocenters. The average Bonchev–Trinajstić information content (AvgIpc) is 3.04. The van der Waals surface area contributed by atoms with Crippen molar-refractivity contribution in [2.45, 2.75) is 6.54 Å². The minimum atomic E-state index is -0.450. The zero-order valence-electron chi connectivity index (χ0n) is 10.8. The highest BCUT2D eigenvalue weighted by Gasteiger charge is 2.16. The van der Waals surface area contributed by atoms with Crippen molar-refractivity contribution in [3.05, 3.63) is 54.6 Å². The summed E-state index contributed by atoms with van der Waals surface area (Å²) in [5.74, 6) is -0.351. The van der Waals surface area contributed by atoms with Crippen LogP contribution in [0.2, 0.25) is 0 Å². The maximum Gasteiger partial charge on any atom is 0.316 e. The van der Waals surface area contributed by atoms with Gasteiger partial charge in [-0.15, -0.1) is 0 Å². The van der Waals surface area contributed by atoms with E-state index in [0.29, 0.717) is 12.2 Å². The molecule has 0 fully saturated rings. The first kappa shape index (κ1) is 12.9. The number of nitrogens with zero attached hydrogens (tertiary/aromatic N) is 5. The third kappa shape index (κ3) is 3.06. The number of aromatic nitrogens is 5. The van der Waals surface area contributed by atoms with Crippen LogP contribution in [-0.4, -0.2) is 31.0 Å². The van der Waals surface area contributed by atoms with Gasteiger partial charge in [-0.3, -0.25) is 14.8 Å². The van der Waals surface area contributed by atoms with Gasteiger partial charge in [0.15, 0.2) is 0 Å². The van der Waals surface area contributed by atoms with Crippen LogP contribution in [0.5, 0.6) is 0 Å². The highest BCUT2D eigenvalue weighted by molar-refractivity contribution is 5.89. The Bertz CT molecular complexity index is 729. The van der Waals surface area contributed by atoms with Crippen LogP contribution in [0.25, 0.3) is 11.5 Å². The summed E-state index contributed by atoms with van der Waals surface area (Å²) in [5, 5.41) is 6.38. The predicted octanol–water partition coefficient (Wildman–Crippen LogP) is 0.852. The summed E-state index contributed by atoms with van der Waals surface area (Å²) >= 11 is 0. The monoisotopic (exact) mass is 282 g/mol. The molecule has 3 aromatic heterocycles. The van der Waals surface area contributed by atoms with Crippen LogP contribution in [0.15, 0.2) is 47.6 Å². The van der Waals surface area contributed by atoms with Crippen molar-refractivity contribution >= 4 is 5.91 Å². The molecule has 0 spiro atoms. The Morgan fingerprint density at radius 2 is 2.00 bits per heavy atom. The number of carbonyl (C=O) groups excluding carboxylic acids is 1. The van der Waals surface area contributed by atoms with E-state index in [0.717, 1.165) is 5.56 Å². The fourth-order valence-electron chi connectivity index (χ4n) is 1.59. The van der Waals surface area contributed by atoms with E-state index in [-0.39, 0.29) is 11.7 Å². The Morgan fingerprint density at radius 1 is 1.14 bits per heavy atom. The fourth-order valence-corrected chi connectivity index (χ4v) is 1.59. The molecule has 3 aromatic rings. The number of hydrogen-bond acceptors (Lipinski definition) is 7. The second kappa shape index (κ2) is 5.87. The number of amides is 1. The van der Waals surface area contributed by atoms with Gasteiger partial charge in [-0.25, -0.2) is 4.98 Å². The first-order valence-corrected chi connectivity index (χ1v) is 6.10. The van der Waals surface area contributed by atoms with Crippen LogP contribution in [0, 0.1) is 0 Å². The number of nitrogens with one attached hydrogen (secondary N) is 1. The molecule has 0 atom stereocenters. The van der Waals surface area contributed by atoms with Crippen molar-refractivity contribution in [3.63, 3.8) is 0 Å². The maximum absolute atomic E-state index is 11.9. The maximum atomic E-state index is 11.9. The highest BCUT2D eigenvalue weighted by atomic mass is 16.5. The molecule has 0 bridgehead atoms. The molecular formula is C13H10N6O2. The molecule has 1 N–H and O–H groups in total. The first-order valence-electron chi connectivity index (χ1n) is 6.10. The molecule has 104 valence electrons. The summed E-state index contributed by atoms with van der Waals surface area (Å²) in [6, 6.07) is 3.61. The van der Waals surface area contributed by atoms with Crippen molar-refractivity contribution in [3.8, 4) is 11.5 Å². The van der Waals surface area contributed by atoms with E-state index in [2.05, 4.69) is 30.4 Å². The first-order chi connectivity index (χ1) is 10.3. The number of rotatable bonds is 4. The quantitative estimate of drug-likeness (QED) is 0.755. The second-order valence-corrected chi connectivity index (χ2v) is 4.05. The average molecular weight is 282 g/mol. The topological polar surface area (TPSA) is 107 Å². The van der Waals surface area contributed by atoms with Gasteiger partial charge >= 0.3 is 11.8 Å². The SMILES string of the molecule is O=C(NCc1ccncc1)c1nc(-c2cnccn2)no1. The van der Waals surface area contributed by atoms with Crippen LogP contribution < -0.4 is 5.32 Å². The van der Waals surface area contributed by atoms with Gasteiger partial charge in [0.2, 0.25) is 5.82 Å². The zero-order valence-corrected chi connectivity index (χ0v) is 10.8. The Kier molecular flexibility index (Phi) is 3.59. The lowest BCUT2D eigenvalue weighted by molar-refractivity contribution is 0.0907. The van der Waals surface area contributed by atoms with Crippen LogP contribution >= 0.6 is 0 Å². The number of pyridine rings is 1. The number of hydrogen-bond donors (Lipinski definition) is 1. The number of carbonyl (C=O) groups is 1. The summed E-state index contributed by atoms with van der Waals surface area (Å²) in [4.78, 5) is 27.7. The van der Waals surface area contributed by atoms with Gasteiger partial charge in [0.05, 0.1) is 6.20 Å². The molecule has 0 saturated heterocycles. The van der Waals surface area contributed by atoms with Gasteiger partial charge in [0.1, 0.15) is 5.69 Å². The molecule has 0 radical (unpaired) electrons. The molecule has 1 amide bonds. The van der Waals surface area contributed by atoms with Crippen LogP contribution in [-0.2, 0) is 6.54 Å². The molecule has 8 heteroatoms. The predicted molar refractivity (Wildman–Crippen MR) is 70.7 cm³/mol. The smallest absolute Gasteiger partial charge is 0.316 e. The van der Waals surface area contributed by atoms with Crippen LogP contribution in [0.4, 0.5) is 0 Å². The lowest BCUT2D eigenvalue weighted by Crippen LogP contribution is -2.23. The van der Waals surface area contributed by atoms with E-state index < -0.39 is 5.91 Å². The lowest BCUT2D eigenvalue weighted by Gasteiger charge is -2.01. The van der Waals surface area contributed by atoms with Crippen molar-refractivity contribution in [1.82, 2.24) is 30.4 Å². The molecule has 0 aromatic carbocycles. The Balaban J connectivity index is 1.67. The van der Waals surface area contributed by atoms with E-state index in [1.54, 1.807) is 24.5 Å². The standard InChI is InChI=1S/C13H10N6O2/c20-12(17-7-9-1-3-14-4-2-9)13-18-11(19-21-13)10-8-15-5-6-16-10/h1-6,8H,7H2,(H,17,20). The molecule has 21 heavy (non-hydrogen) atoms. The molecule has 8 nitrogen and oxygen atoms in total. The van der Waals surface area contributed by atoms with E-state index in [1.165, 1.54) is 18.6 Å². The lowest BCUT2D eigenvalue weighted by atomic mass is 10.3. The molecule has 0 aliphatic rings. The minimum Gasteiger partial charge on any atom is -0.344 e. The summed E-state index contributed by atoms with van der Waals surface area (Å²) in [6.45, 7) is 0.351. The van der Waals surface area contributed by atoms with Gasteiger partial charge in [-0.05, 0) is 17.7 Å². The molecular weight excluding hydrogens is 272 g/mol. The Morgan fingerprint density at radius 3 is 2.76 bits per heavy atom. The van der Waals surface area contributed by atoms with E-state index in [4.69, 9.17) is 4.52 Å². The van der Waals surface area contributed by atoms with Crippen molar-refractivity contribution < 1.29 is 9.32 Å². The minimum absolute atomic E-state index is 0.121. The van der Waals surface area contributed by atoms with E-state index in [1.807, 2.05) is 0 Å². The van der Waals surface area contributed by atoms with Gasteiger partial charge in [0, 0.05) is 31.3 Å².